The van der Waals surface area contributed by atoms with E-state index >= 15 is 0 Å². The molecule has 40 heavy (non-hydrogen) atoms. The Kier molecular flexibility index (Phi) is 11.6. The molecule has 0 radical (unpaired) electrons. The highest BCUT2D eigenvalue weighted by Gasteiger charge is 2.46. The van der Waals surface area contributed by atoms with Crippen molar-refractivity contribution < 1.29 is 28.2 Å². The first-order valence-electron chi connectivity index (χ1n) is 15.6. The molecule has 0 bridgehead atoms. The Hall–Kier alpha value is -2.28. The standard InChI is InChI=1S/C33H48FNO5/c1-23(22-34)25-13-15-27(16-14-25)32(37)35-18-17-29(26-7-4-3-5-8-26)31(35)30(36)21-24-9-11-28(12-10-24)33(38)40-20-6-19-39-2/h9-12,23,25-27,29,31H,3-8,13-22H2,1-2H3/t23-,25?,27?,29+,31+/m1/s1. The van der Waals surface area contributed by atoms with Gasteiger partial charge in [-0.15, -0.1) is 0 Å². The number of hydrogen-bond acceptors (Lipinski definition) is 5. The summed E-state index contributed by atoms with van der Waals surface area (Å²) in [4.78, 5) is 42.0. The molecule has 1 heterocycles. The quantitative estimate of drug-likeness (QED) is 0.226. The van der Waals surface area contributed by atoms with E-state index in [-0.39, 0.29) is 54.6 Å². The molecule has 0 unspecified atom stereocenters. The number of rotatable bonds is 12. The Morgan fingerprint density at radius 1 is 0.950 bits per heavy atom. The molecule has 1 saturated heterocycles. The monoisotopic (exact) mass is 557 g/mol. The summed E-state index contributed by atoms with van der Waals surface area (Å²) in [5, 5.41) is 0. The van der Waals surface area contributed by atoms with Gasteiger partial charge < -0.3 is 14.4 Å². The van der Waals surface area contributed by atoms with Gasteiger partial charge in [0.15, 0.2) is 5.78 Å². The fourth-order valence-electron chi connectivity index (χ4n) is 7.34. The Morgan fingerprint density at radius 3 is 2.30 bits per heavy atom. The Morgan fingerprint density at radius 2 is 1.65 bits per heavy atom. The normalized spacial score (nSPS) is 26.4. The van der Waals surface area contributed by atoms with E-state index in [1.807, 2.05) is 24.0 Å². The van der Waals surface area contributed by atoms with E-state index in [9.17, 15) is 18.8 Å². The average molecular weight is 558 g/mol. The number of halogens is 1. The summed E-state index contributed by atoms with van der Waals surface area (Å²) in [6.07, 6.45) is 11.1. The van der Waals surface area contributed by atoms with Gasteiger partial charge in [-0.05, 0) is 73.5 Å². The molecule has 7 heteroatoms. The highest BCUT2D eigenvalue weighted by Crippen LogP contribution is 2.42. The van der Waals surface area contributed by atoms with Gasteiger partial charge in [-0.1, -0.05) is 51.2 Å². The van der Waals surface area contributed by atoms with Crippen molar-refractivity contribution in [3.63, 3.8) is 0 Å². The van der Waals surface area contributed by atoms with E-state index in [0.717, 1.165) is 50.5 Å². The number of carbonyl (C=O) groups is 3. The number of ketones is 1. The number of benzene rings is 1. The Labute approximate surface area is 239 Å². The molecule has 1 aromatic carbocycles. The lowest BCUT2D eigenvalue weighted by Gasteiger charge is -2.37. The Bertz CT molecular complexity index is 968. The Balaban J connectivity index is 1.42. The average Bonchev–Trinajstić information content (AvgIpc) is 3.45. The van der Waals surface area contributed by atoms with E-state index in [1.54, 1.807) is 19.2 Å². The van der Waals surface area contributed by atoms with Crippen LogP contribution >= 0.6 is 0 Å². The SMILES string of the molecule is COCCCOC(=O)c1ccc(CC(=O)[C@@H]2[C@H](C3CCCCC3)CCN2C(=O)C2CCC([C@H](C)CF)CC2)cc1. The fourth-order valence-corrected chi connectivity index (χ4v) is 7.34. The summed E-state index contributed by atoms with van der Waals surface area (Å²) < 4.78 is 23.5. The highest BCUT2D eigenvalue weighted by atomic mass is 19.1. The molecule has 3 aliphatic rings. The predicted octanol–water partition coefficient (Wildman–Crippen LogP) is 6.20. The topological polar surface area (TPSA) is 72.9 Å². The molecule has 6 nitrogen and oxygen atoms in total. The van der Waals surface area contributed by atoms with Crippen molar-refractivity contribution in [3.05, 3.63) is 35.4 Å². The third-order valence-corrected chi connectivity index (χ3v) is 9.78. The number of ether oxygens (including phenoxy) is 2. The van der Waals surface area contributed by atoms with Gasteiger partial charge in [0.25, 0.3) is 0 Å². The van der Waals surface area contributed by atoms with Gasteiger partial charge in [0, 0.05) is 39.0 Å². The van der Waals surface area contributed by atoms with Crippen LogP contribution in [0.1, 0.15) is 93.5 Å². The third kappa shape index (κ3) is 7.71. The van der Waals surface area contributed by atoms with Gasteiger partial charge in [0.2, 0.25) is 5.91 Å². The number of esters is 1. The van der Waals surface area contributed by atoms with Crippen molar-refractivity contribution in [2.75, 3.05) is 33.5 Å². The maximum absolute atomic E-state index is 13.9. The summed E-state index contributed by atoms with van der Waals surface area (Å²) >= 11 is 0. The van der Waals surface area contributed by atoms with Crippen LogP contribution in [0.2, 0.25) is 0 Å². The molecular formula is C33H48FNO5. The largest absolute Gasteiger partial charge is 0.462 e. The summed E-state index contributed by atoms with van der Waals surface area (Å²) in [5.41, 5.74) is 1.31. The van der Waals surface area contributed by atoms with Crippen LogP contribution in [-0.2, 0) is 25.5 Å². The predicted molar refractivity (Wildman–Crippen MR) is 153 cm³/mol. The van der Waals surface area contributed by atoms with Gasteiger partial charge in [-0.2, -0.15) is 0 Å². The summed E-state index contributed by atoms with van der Waals surface area (Å²) in [6, 6.07) is 6.72. The summed E-state index contributed by atoms with van der Waals surface area (Å²) in [6.45, 7) is 3.17. The first kappa shape index (κ1) is 30.7. The number of Topliss-reactive ketones (excluding diaryl/α,β-unsaturated/α-hetero) is 1. The van der Waals surface area contributed by atoms with Crippen molar-refractivity contribution in [2.45, 2.75) is 90.0 Å². The molecule has 4 rings (SSSR count). The smallest absolute Gasteiger partial charge is 0.338 e. The first-order chi connectivity index (χ1) is 19.4. The van der Waals surface area contributed by atoms with Crippen LogP contribution in [0.15, 0.2) is 24.3 Å². The number of carbonyl (C=O) groups excluding carboxylic acids is 3. The number of amides is 1. The summed E-state index contributed by atoms with van der Waals surface area (Å²) in [5.74, 6) is 0.929. The molecule has 1 aromatic rings. The zero-order chi connectivity index (χ0) is 28.5. The van der Waals surface area contributed by atoms with Crippen molar-refractivity contribution in [1.82, 2.24) is 4.90 Å². The lowest BCUT2D eigenvalue weighted by atomic mass is 9.74. The molecular weight excluding hydrogens is 509 g/mol. The van der Waals surface area contributed by atoms with E-state index in [1.165, 1.54) is 19.3 Å². The van der Waals surface area contributed by atoms with Gasteiger partial charge >= 0.3 is 5.97 Å². The van der Waals surface area contributed by atoms with Crippen LogP contribution < -0.4 is 0 Å². The fraction of sp³-hybridized carbons (Fsp3) is 0.727. The van der Waals surface area contributed by atoms with Gasteiger partial charge in [-0.3, -0.25) is 14.0 Å². The van der Waals surface area contributed by atoms with Crippen molar-refractivity contribution in [2.24, 2.45) is 29.6 Å². The van der Waals surface area contributed by atoms with Crippen molar-refractivity contribution in [1.29, 1.82) is 0 Å². The molecule has 1 aliphatic heterocycles. The first-order valence-corrected chi connectivity index (χ1v) is 15.6. The number of methoxy groups -OCH3 is 1. The summed E-state index contributed by atoms with van der Waals surface area (Å²) in [7, 11) is 1.61. The minimum Gasteiger partial charge on any atom is -0.462 e. The van der Waals surface area contributed by atoms with Crippen LogP contribution in [-0.4, -0.2) is 62.1 Å². The van der Waals surface area contributed by atoms with Crippen molar-refractivity contribution in [3.8, 4) is 0 Å². The number of alkyl halides is 1. The molecule has 1 amide bonds. The zero-order valence-corrected chi connectivity index (χ0v) is 24.5. The molecule has 3 fully saturated rings. The van der Waals surface area contributed by atoms with Crippen LogP contribution in [0.25, 0.3) is 0 Å². The van der Waals surface area contributed by atoms with Crippen LogP contribution in [0.4, 0.5) is 4.39 Å². The second-order valence-corrected chi connectivity index (χ2v) is 12.4. The molecule has 222 valence electrons. The maximum atomic E-state index is 13.9. The minimum absolute atomic E-state index is 0.0525. The van der Waals surface area contributed by atoms with Crippen LogP contribution in [0, 0.1) is 29.6 Å². The molecule has 3 atom stereocenters. The maximum Gasteiger partial charge on any atom is 0.338 e. The van der Waals surface area contributed by atoms with E-state index < -0.39 is 0 Å². The highest BCUT2D eigenvalue weighted by molar-refractivity contribution is 5.92. The number of nitrogens with zero attached hydrogens (tertiary/aromatic N) is 1. The van der Waals surface area contributed by atoms with E-state index in [4.69, 9.17) is 9.47 Å². The van der Waals surface area contributed by atoms with Gasteiger partial charge in [-0.25, -0.2) is 4.79 Å². The zero-order valence-electron chi connectivity index (χ0n) is 24.5. The molecule has 0 N–H and O–H groups in total. The molecule has 0 spiro atoms. The molecule has 0 aromatic heterocycles. The minimum atomic E-state index is -0.380. The van der Waals surface area contributed by atoms with Gasteiger partial charge in [0.05, 0.1) is 24.9 Å². The van der Waals surface area contributed by atoms with E-state index in [2.05, 4.69) is 0 Å². The lowest BCUT2D eigenvalue weighted by molar-refractivity contribution is -0.143. The van der Waals surface area contributed by atoms with Crippen LogP contribution in [0.3, 0.4) is 0 Å². The van der Waals surface area contributed by atoms with Gasteiger partial charge in [0.1, 0.15) is 0 Å². The van der Waals surface area contributed by atoms with Crippen LogP contribution in [0.5, 0.6) is 0 Å². The second kappa shape index (κ2) is 15.1. The van der Waals surface area contributed by atoms with E-state index in [0.29, 0.717) is 43.6 Å². The lowest BCUT2D eigenvalue weighted by Crippen LogP contribution is -2.48. The van der Waals surface area contributed by atoms with Crippen molar-refractivity contribution >= 4 is 17.7 Å². The second-order valence-electron chi connectivity index (χ2n) is 12.4. The number of likely N-dealkylation sites (tertiary alicyclic amines) is 1. The number of hydrogen-bond donors (Lipinski definition) is 0. The molecule has 2 aliphatic carbocycles. The molecule has 2 saturated carbocycles. The third-order valence-electron chi connectivity index (χ3n) is 9.78.